The van der Waals surface area contributed by atoms with E-state index in [0.29, 0.717) is 18.5 Å². The van der Waals surface area contributed by atoms with E-state index in [9.17, 15) is 8.42 Å². The first-order valence-corrected chi connectivity index (χ1v) is 8.77. The first-order valence-electron chi connectivity index (χ1n) is 7.23. The van der Waals surface area contributed by atoms with Gasteiger partial charge in [0.1, 0.15) is 0 Å². The molecule has 2 rings (SSSR count). The molecule has 3 N–H and O–H groups in total. The van der Waals surface area contributed by atoms with Gasteiger partial charge in [0, 0.05) is 12.6 Å². The zero-order chi connectivity index (χ0) is 14.8. The van der Waals surface area contributed by atoms with E-state index < -0.39 is 10.0 Å². The van der Waals surface area contributed by atoms with Gasteiger partial charge in [-0.2, -0.15) is 0 Å². The molecule has 0 bridgehead atoms. The van der Waals surface area contributed by atoms with Crippen LogP contribution in [0.3, 0.4) is 0 Å². The van der Waals surface area contributed by atoms with Crippen LogP contribution in [0.15, 0.2) is 29.2 Å². The first kappa shape index (κ1) is 15.5. The molecule has 1 aromatic carbocycles. The third kappa shape index (κ3) is 3.81. The molecule has 1 aliphatic carbocycles. The predicted octanol–water partition coefficient (Wildman–Crippen LogP) is 2.25. The molecule has 0 amide bonds. The van der Waals surface area contributed by atoms with E-state index >= 15 is 0 Å². The highest BCUT2D eigenvalue weighted by Gasteiger charge is 2.26. The lowest BCUT2D eigenvalue weighted by Gasteiger charge is -2.34. The number of benzene rings is 1. The number of hydrogen-bond acceptors (Lipinski definition) is 3. The van der Waals surface area contributed by atoms with Gasteiger partial charge in [-0.15, -0.1) is 0 Å². The van der Waals surface area contributed by atoms with E-state index in [1.165, 1.54) is 25.3 Å². The average Bonchev–Trinajstić information content (AvgIpc) is 2.40. The molecule has 0 aromatic heterocycles. The van der Waals surface area contributed by atoms with Crippen molar-refractivity contribution in [2.75, 3.05) is 0 Å². The van der Waals surface area contributed by atoms with Gasteiger partial charge in [0.15, 0.2) is 0 Å². The summed E-state index contributed by atoms with van der Waals surface area (Å²) >= 11 is 0. The molecule has 0 saturated heterocycles. The minimum atomic E-state index is -3.62. The van der Waals surface area contributed by atoms with Crippen LogP contribution in [0.1, 0.15) is 38.7 Å². The molecular weight excluding hydrogens is 272 g/mol. The Hall–Kier alpha value is -0.910. The minimum Gasteiger partial charge on any atom is -0.310 e. The summed E-state index contributed by atoms with van der Waals surface area (Å²) in [4.78, 5) is 0.182. The summed E-state index contributed by atoms with van der Waals surface area (Å²) in [5, 5.41) is 8.72. The van der Waals surface area contributed by atoms with Gasteiger partial charge >= 0.3 is 0 Å². The van der Waals surface area contributed by atoms with Crippen molar-refractivity contribution in [3.8, 4) is 0 Å². The van der Waals surface area contributed by atoms with Crippen molar-refractivity contribution < 1.29 is 8.42 Å². The van der Waals surface area contributed by atoms with Gasteiger partial charge < -0.3 is 5.32 Å². The summed E-state index contributed by atoms with van der Waals surface area (Å²) in [6.07, 6.45) is 3.76. The Balaban J connectivity index is 2.01. The Morgan fingerprint density at radius 2 is 2.05 bits per heavy atom. The fourth-order valence-corrected chi connectivity index (χ4v) is 3.54. The van der Waals surface area contributed by atoms with Crippen LogP contribution in [0, 0.1) is 11.8 Å². The summed E-state index contributed by atoms with van der Waals surface area (Å²) in [6.45, 7) is 5.29. The highest BCUT2D eigenvalue weighted by Crippen LogP contribution is 2.29. The van der Waals surface area contributed by atoms with Crippen LogP contribution < -0.4 is 10.5 Å². The van der Waals surface area contributed by atoms with Crippen molar-refractivity contribution in [2.45, 2.75) is 50.6 Å². The zero-order valence-electron chi connectivity index (χ0n) is 12.2. The van der Waals surface area contributed by atoms with Crippen LogP contribution in [0.25, 0.3) is 0 Å². The fourth-order valence-electron chi connectivity index (χ4n) is 2.95. The highest BCUT2D eigenvalue weighted by atomic mass is 32.2. The summed E-state index contributed by atoms with van der Waals surface area (Å²) in [5.41, 5.74) is 0.960. The van der Waals surface area contributed by atoms with E-state index in [1.807, 2.05) is 6.07 Å². The predicted molar refractivity (Wildman–Crippen MR) is 80.6 cm³/mol. The highest BCUT2D eigenvalue weighted by molar-refractivity contribution is 7.89. The zero-order valence-corrected chi connectivity index (χ0v) is 13.0. The Kier molecular flexibility index (Phi) is 4.83. The molecule has 0 aliphatic heterocycles. The molecule has 112 valence electrons. The Labute approximate surface area is 121 Å². The molecule has 1 fully saturated rings. The lowest BCUT2D eigenvalue weighted by atomic mass is 9.78. The minimum absolute atomic E-state index is 0.182. The standard InChI is InChI=1S/C15H24N2O2S/c1-11-5-3-8-15(12(11)2)17-10-13-6-4-7-14(9-13)20(16,18)19/h4,6-7,9,11-12,15,17H,3,5,8,10H2,1-2H3,(H2,16,18,19). The van der Waals surface area contributed by atoms with Gasteiger partial charge in [-0.25, -0.2) is 13.6 Å². The molecule has 20 heavy (non-hydrogen) atoms. The molecular formula is C15H24N2O2S. The second-order valence-electron chi connectivity index (χ2n) is 5.95. The quantitative estimate of drug-likeness (QED) is 0.895. The first-order chi connectivity index (χ1) is 9.38. The average molecular weight is 296 g/mol. The number of nitrogens with one attached hydrogen (secondary N) is 1. The van der Waals surface area contributed by atoms with Crippen LogP contribution in [0.2, 0.25) is 0 Å². The summed E-state index contributed by atoms with van der Waals surface area (Å²) < 4.78 is 22.7. The Morgan fingerprint density at radius 3 is 2.75 bits per heavy atom. The van der Waals surface area contributed by atoms with Crippen molar-refractivity contribution in [3.63, 3.8) is 0 Å². The number of hydrogen-bond donors (Lipinski definition) is 2. The third-order valence-corrected chi connectivity index (χ3v) is 5.41. The van der Waals surface area contributed by atoms with E-state index in [2.05, 4.69) is 19.2 Å². The van der Waals surface area contributed by atoms with Gasteiger partial charge in [-0.1, -0.05) is 38.8 Å². The molecule has 0 spiro atoms. The number of sulfonamides is 1. The van der Waals surface area contributed by atoms with Crippen LogP contribution in [0.4, 0.5) is 0 Å². The fraction of sp³-hybridized carbons (Fsp3) is 0.600. The van der Waals surface area contributed by atoms with Crippen molar-refractivity contribution in [2.24, 2.45) is 17.0 Å². The smallest absolute Gasteiger partial charge is 0.238 e. The third-order valence-electron chi connectivity index (χ3n) is 4.50. The molecule has 1 aromatic rings. The molecule has 4 nitrogen and oxygen atoms in total. The van der Waals surface area contributed by atoms with Crippen LogP contribution in [-0.2, 0) is 16.6 Å². The second-order valence-corrected chi connectivity index (χ2v) is 7.51. The van der Waals surface area contributed by atoms with Crippen molar-refractivity contribution in [3.05, 3.63) is 29.8 Å². The summed E-state index contributed by atoms with van der Waals surface area (Å²) in [5.74, 6) is 1.40. The van der Waals surface area contributed by atoms with E-state index in [0.717, 1.165) is 11.5 Å². The van der Waals surface area contributed by atoms with Gasteiger partial charge in [-0.3, -0.25) is 0 Å². The number of rotatable bonds is 4. The molecule has 3 atom stereocenters. The van der Waals surface area contributed by atoms with Gasteiger partial charge in [0.05, 0.1) is 4.90 Å². The van der Waals surface area contributed by atoms with Crippen LogP contribution in [-0.4, -0.2) is 14.5 Å². The van der Waals surface area contributed by atoms with Gasteiger partial charge in [-0.05, 0) is 36.0 Å². The van der Waals surface area contributed by atoms with E-state index in [1.54, 1.807) is 12.1 Å². The molecule has 1 aliphatic rings. The molecule has 0 radical (unpaired) electrons. The van der Waals surface area contributed by atoms with Crippen molar-refractivity contribution in [1.82, 2.24) is 5.32 Å². The SMILES string of the molecule is CC1CCCC(NCc2cccc(S(N)(=O)=O)c2)C1C. The molecule has 0 heterocycles. The maximum atomic E-state index is 11.3. The van der Waals surface area contributed by atoms with Crippen LogP contribution in [0.5, 0.6) is 0 Å². The van der Waals surface area contributed by atoms with E-state index in [4.69, 9.17) is 5.14 Å². The van der Waals surface area contributed by atoms with Gasteiger partial charge in [0.25, 0.3) is 0 Å². The largest absolute Gasteiger partial charge is 0.310 e. The summed E-state index contributed by atoms with van der Waals surface area (Å²) in [7, 11) is -3.62. The van der Waals surface area contributed by atoms with Crippen molar-refractivity contribution >= 4 is 10.0 Å². The molecule has 5 heteroatoms. The molecule has 3 unspecified atom stereocenters. The second kappa shape index (κ2) is 6.24. The van der Waals surface area contributed by atoms with Gasteiger partial charge in [0.2, 0.25) is 10.0 Å². The lowest BCUT2D eigenvalue weighted by Crippen LogP contribution is -2.40. The molecule has 1 saturated carbocycles. The maximum Gasteiger partial charge on any atom is 0.238 e. The Bertz CT molecular complexity index is 557. The number of nitrogens with two attached hydrogens (primary N) is 1. The van der Waals surface area contributed by atoms with E-state index in [-0.39, 0.29) is 4.90 Å². The normalized spacial score (nSPS) is 27.4. The topological polar surface area (TPSA) is 72.2 Å². The Morgan fingerprint density at radius 1 is 1.30 bits per heavy atom. The maximum absolute atomic E-state index is 11.3. The van der Waals surface area contributed by atoms with Crippen LogP contribution >= 0.6 is 0 Å². The number of primary sulfonamides is 1. The lowest BCUT2D eigenvalue weighted by molar-refractivity contribution is 0.206. The monoisotopic (exact) mass is 296 g/mol. The van der Waals surface area contributed by atoms with Crippen molar-refractivity contribution in [1.29, 1.82) is 0 Å². The summed E-state index contributed by atoms with van der Waals surface area (Å²) in [6, 6.07) is 7.36.